The first-order valence-corrected chi connectivity index (χ1v) is 18.0. The van der Waals surface area contributed by atoms with Gasteiger partial charge < -0.3 is 31.5 Å². The Bertz CT molecular complexity index is 1880. The third-order valence-electron chi connectivity index (χ3n) is 7.20. The number of nitrogens with zero attached hydrogens (tertiary/aromatic N) is 1. The van der Waals surface area contributed by atoms with Gasteiger partial charge in [0.15, 0.2) is 0 Å². The number of thiophene rings is 2. The largest absolute Gasteiger partial charge is 0.359 e. The van der Waals surface area contributed by atoms with Crippen LogP contribution in [-0.4, -0.2) is 60.2 Å². The number of hydrogen-bond donors (Lipinski definition) is 5. The first kappa shape index (κ1) is 38.7. The average molecular weight is 778 g/mol. The van der Waals surface area contributed by atoms with Gasteiger partial charge in [-0.1, -0.05) is 46.9 Å². The Morgan fingerprint density at radius 2 is 1.42 bits per heavy atom. The van der Waals surface area contributed by atoms with Crippen molar-refractivity contribution < 1.29 is 24.0 Å². The van der Waals surface area contributed by atoms with Crippen LogP contribution in [0.4, 0.5) is 17.1 Å². The first-order valence-electron chi connectivity index (χ1n) is 15.2. The maximum absolute atomic E-state index is 12.7. The summed E-state index contributed by atoms with van der Waals surface area (Å²) in [5.41, 5.74) is -0.384. The van der Waals surface area contributed by atoms with E-state index in [2.05, 4.69) is 26.6 Å². The summed E-state index contributed by atoms with van der Waals surface area (Å²) in [6, 6.07) is 18.7. The van der Waals surface area contributed by atoms with E-state index >= 15 is 0 Å². The second-order valence-electron chi connectivity index (χ2n) is 12.1. The van der Waals surface area contributed by atoms with Crippen molar-refractivity contribution in [1.29, 1.82) is 0 Å². The molecule has 0 atom stereocenters. The van der Waals surface area contributed by atoms with Gasteiger partial charge in [0.25, 0.3) is 11.8 Å². The molecule has 1 saturated heterocycles. The van der Waals surface area contributed by atoms with Crippen LogP contribution in [0, 0.1) is 0 Å². The Labute approximate surface area is 312 Å². The zero-order valence-corrected chi connectivity index (χ0v) is 31.4. The van der Waals surface area contributed by atoms with Gasteiger partial charge in [0.1, 0.15) is 11.1 Å². The average Bonchev–Trinajstić information content (AvgIpc) is 3.74. The van der Waals surface area contributed by atoms with Crippen molar-refractivity contribution >= 4 is 104 Å². The van der Waals surface area contributed by atoms with Crippen LogP contribution in [0.5, 0.6) is 0 Å². The van der Waals surface area contributed by atoms with Gasteiger partial charge in [-0.25, -0.2) is 0 Å². The first-order chi connectivity index (χ1) is 23.5. The van der Waals surface area contributed by atoms with Crippen LogP contribution in [0.15, 0.2) is 72.1 Å². The van der Waals surface area contributed by atoms with Crippen molar-refractivity contribution in [3.8, 4) is 0 Å². The Morgan fingerprint density at radius 1 is 0.780 bits per heavy atom. The number of carbonyl (C=O) groups excluding carboxylic acids is 5. The molecular formula is C34H35Cl3N6O5S2. The molecule has 5 N–H and O–H groups in total. The van der Waals surface area contributed by atoms with E-state index in [1.807, 2.05) is 4.90 Å². The van der Waals surface area contributed by atoms with Gasteiger partial charge in [-0.05, 0) is 87.7 Å². The number of piperazine rings is 1. The maximum Gasteiger partial charge on any atom is 0.262 e. The molecule has 0 radical (unpaired) electrons. The summed E-state index contributed by atoms with van der Waals surface area (Å²) in [6.07, 6.45) is 0. The van der Waals surface area contributed by atoms with Crippen molar-refractivity contribution in [1.82, 2.24) is 16.0 Å². The molecule has 11 nitrogen and oxygen atoms in total. The van der Waals surface area contributed by atoms with Crippen molar-refractivity contribution in [2.45, 2.75) is 38.8 Å². The lowest BCUT2D eigenvalue weighted by atomic mass is 10.0. The van der Waals surface area contributed by atoms with E-state index < -0.39 is 11.1 Å². The Morgan fingerprint density at radius 3 is 1.96 bits per heavy atom. The van der Waals surface area contributed by atoms with Gasteiger partial charge >= 0.3 is 0 Å². The molecule has 0 saturated carbocycles. The summed E-state index contributed by atoms with van der Waals surface area (Å²) in [7, 11) is 0. The third kappa shape index (κ3) is 10.7. The lowest BCUT2D eigenvalue weighted by Gasteiger charge is -2.29. The molecule has 0 bridgehead atoms. The summed E-state index contributed by atoms with van der Waals surface area (Å²) < 4.78 is 0.520. The van der Waals surface area contributed by atoms with Gasteiger partial charge in [0.05, 0.1) is 31.3 Å². The molecule has 50 heavy (non-hydrogen) atoms. The van der Waals surface area contributed by atoms with Gasteiger partial charge in [-0.15, -0.1) is 22.7 Å². The molecule has 2 aromatic heterocycles. The lowest BCUT2D eigenvalue weighted by Crippen LogP contribution is -2.52. The van der Waals surface area contributed by atoms with Crippen LogP contribution in [0.2, 0.25) is 14.4 Å². The Kier molecular flexibility index (Phi) is 12.9. The lowest BCUT2D eigenvalue weighted by molar-refractivity contribution is -0.121. The minimum atomic E-state index is -1.11. The van der Waals surface area contributed by atoms with Crippen LogP contribution in [0.3, 0.4) is 0 Å². The predicted molar refractivity (Wildman–Crippen MR) is 202 cm³/mol. The van der Waals surface area contributed by atoms with Gasteiger partial charge in [0.2, 0.25) is 17.7 Å². The van der Waals surface area contributed by atoms with E-state index in [9.17, 15) is 24.0 Å². The number of nitrogens with one attached hydrogen (secondary N) is 5. The molecule has 5 amide bonds. The molecule has 0 aliphatic carbocycles. The third-order valence-corrected chi connectivity index (χ3v) is 9.83. The highest BCUT2D eigenvalue weighted by Crippen LogP contribution is 2.30. The molecule has 264 valence electrons. The van der Waals surface area contributed by atoms with Gasteiger partial charge in [-0.3, -0.25) is 24.0 Å². The molecule has 4 aromatic rings. The van der Waals surface area contributed by atoms with Crippen molar-refractivity contribution in [3.05, 3.63) is 96.2 Å². The summed E-state index contributed by atoms with van der Waals surface area (Å²) in [5, 5.41) is 16.5. The number of benzene rings is 2. The monoisotopic (exact) mass is 776 g/mol. The van der Waals surface area contributed by atoms with Crippen LogP contribution < -0.4 is 31.5 Å². The minimum Gasteiger partial charge on any atom is -0.359 e. The Balaban J connectivity index is 0.000000232. The molecule has 1 aliphatic heterocycles. The van der Waals surface area contributed by atoms with Crippen LogP contribution in [0.1, 0.15) is 47.0 Å². The molecule has 0 spiro atoms. The van der Waals surface area contributed by atoms with Crippen molar-refractivity contribution in [2.75, 3.05) is 35.2 Å². The van der Waals surface area contributed by atoms with E-state index in [1.165, 1.54) is 11.3 Å². The van der Waals surface area contributed by atoms with E-state index in [4.69, 9.17) is 34.8 Å². The summed E-state index contributed by atoms with van der Waals surface area (Å²) in [6.45, 7) is 7.99. The molecular weight excluding hydrogens is 743 g/mol. The number of rotatable bonds is 9. The SMILES string of the molecule is CC(C)(NC(=O)c1ccc(Cl)s1)C(=O)Nc1cccc(Cl)c1.CC(C)(NC(=O)c1cccs1)C(=O)Nc1ccc(N2CCNC(=O)C2)c(Cl)c1. The zero-order valence-electron chi connectivity index (χ0n) is 27.5. The van der Waals surface area contributed by atoms with Crippen LogP contribution in [-0.2, 0) is 14.4 Å². The summed E-state index contributed by atoms with van der Waals surface area (Å²) in [4.78, 5) is 63.8. The van der Waals surface area contributed by atoms with E-state index in [-0.39, 0.29) is 36.1 Å². The number of amides is 5. The van der Waals surface area contributed by atoms with E-state index in [1.54, 1.807) is 99.8 Å². The summed E-state index contributed by atoms with van der Waals surface area (Å²) in [5.74, 6) is -1.40. The number of carbonyl (C=O) groups is 5. The van der Waals surface area contributed by atoms with Crippen molar-refractivity contribution in [3.63, 3.8) is 0 Å². The number of anilines is 3. The smallest absolute Gasteiger partial charge is 0.262 e. The summed E-state index contributed by atoms with van der Waals surface area (Å²) >= 11 is 20.5. The standard InChI is InChI=1S/C19H21ClN4O3S.C15H14Cl2N2O2S/c1-19(2,23-17(26)15-4-3-9-28-15)18(27)22-12-5-6-14(13(20)10-12)24-8-7-21-16(25)11-24;1-15(2,19-13(20)11-6-7-12(17)22-11)14(21)18-10-5-3-4-9(16)8-10/h3-6,9-10H,7-8,11H2,1-2H3,(H,21,25)(H,22,27)(H,23,26);3-8H,1-2H3,(H,18,21)(H,19,20). The second-order valence-corrected chi connectivity index (χ2v) is 15.6. The van der Waals surface area contributed by atoms with E-state index in [0.717, 1.165) is 17.0 Å². The van der Waals surface area contributed by atoms with E-state index in [0.29, 0.717) is 48.6 Å². The normalized spacial score (nSPS) is 12.9. The second kappa shape index (κ2) is 16.7. The van der Waals surface area contributed by atoms with Crippen molar-refractivity contribution in [2.24, 2.45) is 0 Å². The molecule has 2 aromatic carbocycles. The number of halogens is 3. The highest BCUT2D eigenvalue weighted by atomic mass is 35.5. The fraction of sp³-hybridized carbons (Fsp3) is 0.265. The molecule has 5 rings (SSSR count). The minimum absolute atomic E-state index is 0.0528. The molecule has 1 fully saturated rings. The predicted octanol–water partition coefficient (Wildman–Crippen LogP) is 6.69. The van der Waals surface area contributed by atoms with Crippen LogP contribution in [0.25, 0.3) is 0 Å². The quantitative estimate of drug-likeness (QED) is 0.128. The maximum atomic E-state index is 12.7. The fourth-order valence-electron chi connectivity index (χ4n) is 4.47. The van der Waals surface area contributed by atoms with Gasteiger partial charge in [0, 0.05) is 29.5 Å². The van der Waals surface area contributed by atoms with Crippen LogP contribution >= 0.6 is 57.5 Å². The fourth-order valence-corrected chi connectivity index (χ4v) is 6.52. The highest BCUT2D eigenvalue weighted by Gasteiger charge is 2.31. The zero-order chi connectivity index (χ0) is 36.6. The topological polar surface area (TPSA) is 149 Å². The molecule has 1 aliphatic rings. The highest BCUT2D eigenvalue weighted by molar-refractivity contribution is 7.18. The Hall–Kier alpha value is -4.14. The molecule has 3 heterocycles. The molecule has 0 unspecified atom stereocenters. The molecule has 16 heteroatoms. The number of hydrogen-bond acceptors (Lipinski definition) is 8. The van der Waals surface area contributed by atoms with Gasteiger partial charge in [-0.2, -0.15) is 0 Å².